The summed E-state index contributed by atoms with van der Waals surface area (Å²) < 4.78 is 13.6. The fourth-order valence-electron chi connectivity index (χ4n) is 4.52. The SMILES string of the molecule is COCC1CCC[C@](N)(COc2cc(-c3cnc4ccccn34)cc(SC)c2C#N)C1. The largest absolute Gasteiger partial charge is 0.490 e. The van der Waals surface area contributed by atoms with E-state index in [1.807, 2.05) is 53.4 Å². The van der Waals surface area contributed by atoms with Crippen LogP contribution in [0.15, 0.2) is 47.6 Å². The Bertz CT molecular complexity index is 1100. The van der Waals surface area contributed by atoms with Crippen LogP contribution < -0.4 is 10.5 Å². The summed E-state index contributed by atoms with van der Waals surface area (Å²) in [7, 11) is 1.73. The van der Waals surface area contributed by atoms with Gasteiger partial charge in [0.1, 0.15) is 29.6 Å². The van der Waals surface area contributed by atoms with Gasteiger partial charge in [-0.25, -0.2) is 4.98 Å². The number of ether oxygens (including phenoxy) is 2. The van der Waals surface area contributed by atoms with E-state index in [2.05, 4.69) is 11.1 Å². The van der Waals surface area contributed by atoms with Gasteiger partial charge >= 0.3 is 0 Å². The second-order valence-corrected chi connectivity index (χ2v) is 9.15. The quantitative estimate of drug-likeness (QED) is 0.549. The Morgan fingerprint density at radius 2 is 2.26 bits per heavy atom. The number of aromatic nitrogens is 2. The van der Waals surface area contributed by atoms with Gasteiger partial charge in [0, 0.05) is 30.4 Å². The van der Waals surface area contributed by atoms with E-state index in [4.69, 9.17) is 15.2 Å². The maximum Gasteiger partial charge on any atom is 0.138 e. The van der Waals surface area contributed by atoms with Crippen molar-refractivity contribution in [1.82, 2.24) is 9.38 Å². The Labute approximate surface area is 187 Å². The van der Waals surface area contributed by atoms with Gasteiger partial charge in [-0.3, -0.25) is 4.40 Å². The van der Waals surface area contributed by atoms with E-state index >= 15 is 0 Å². The van der Waals surface area contributed by atoms with Gasteiger partial charge in [0.2, 0.25) is 0 Å². The molecule has 6 nitrogen and oxygen atoms in total. The molecule has 0 radical (unpaired) electrons. The fourth-order valence-corrected chi connectivity index (χ4v) is 5.12. The van der Waals surface area contributed by atoms with Crippen molar-refractivity contribution >= 4 is 17.4 Å². The molecule has 3 aromatic rings. The average molecular weight is 437 g/mol. The molecule has 1 aromatic carbocycles. The van der Waals surface area contributed by atoms with E-state index < -0.39 is 5.54 Å². The number of nitrogens with two attached hydrogens (primary N) is 1. The molecule has 1 aliphatic carbocycles. The zero-order valence-corrected chi connectivity index (χ0v) is 18.8. The third-order valence-electron chi connectivity index (χ3n) is 6.01. The summed E-state index contributed by atoms with van der Waals surface area (Å²) in [5.74, 6) is 1.03. The van der Waals surface area contributed by atoms with Gasteiger partial charge in [-0.1, -0.05) is 12.5 Å². The highest BCUT2D eigenvalue weighted by Crippen LogP contribution is 2.37. The van der Waals surface area contributed by atoms with Crippen molar-refractivity contribution < 1.29 is 9.47 Å². The molecule has 7 heteroatoms. The van der Waals surface area contributed by atoms with E-state index in [0.717, 1.165) is 54.1 Å². The summed E-state index contributed by atoms with van der Waals surface area (Å²) in [5.41, 5.74) is 9.66. The summed E-state index contributed by atoms with van der Waals surface area (Å²) in [6.45, 7) is 1.11. The number of hydrogen-bond donors (Lipinski definition) is 1. The lowest BCUT2D eigenvalue weighted by Gasteiger charge is -2.37. The van der Waals surface area contributed by atoms with Crippen LogP contribution in [0.5, 0.6) is 5.75 Å². The Kier molecular flexibility index (Phi) is 6.51. The molecule has 0 amide bonds. The number of pyridine rings is 1. The summed E-state index contributed by atoms with van der Waals surface area (Å²) in [4.78, 5) is 5.38. The lowest BCUT2D eigenvalue weighted by Crippen LogP contribution is -2.49. The highest BCUT2D eigenvalue weighted by Gasteiger charge is 2.34. The van der Waals surface area contributed by atoms with E-state index in [1.54, 1.807) is 7.11 Å². The van der Waals surface area contributed by atoms with Crippen molar-refractivity contribution in [3.8, 4) is 23.1 Å². The molecule has 0 bridgehead atoms. The maximum atomic E-state index is 9.83. The molecule has 2 aromatic heterocycles. The molecular weight excluding hydrogens is 408 g/mol. The van der Waals surface area contributed by atoms with Crippen molar-refractivity contribution in [3.63, 3.8) is 0 Å². The number of imidazole rings is 1. The standard InChI is InChI=1S/C24H28N4O2S/c1-29-15-17-6-5-8-24(26,12-17)16-30-21-10-18(11-22(31-2)19(21)13-25)20-14-27-23-7-3-4-9-28(20)23/h3-4,7,9-11,14,17H,5-6,8,12,15-16,26H2,1-2H3/t17?,24-/m1/s1. The highest BCUT2D eigenvalue weighted by molar-refractivity contribution is 7.98. The lowest BCUT2D eigenvalue weighted by molar-refractivity contribution is 0.0833. The Balaban J connectivity index is 1.65. The average Bonchev–Trinajstić information content (AvgIpc) is 3.21. The molecule has 0 spiro atoms. The highest BCUT2D eigenvalue weighted by atomic mass is 32.2. The van der Waals surface area contributed by atoms with Gasteiger partial charge in [0.05, 0.1) is 17.4 Å². The van der Waals surface area contributed by atoms with E-state index in [1.165, 1.54) is 11.8 Å². The van der Waals surface area contributed by atoms with Crippen LogP contribution in [0.2, 0.25) is 0 Å². The summed E-state index contributed by atoms with van der Waals surface area (Å²) in [5, 5.41) is 9.83. The second kappa shape index (κ2) is 9.31. The Hall–Kier alpha value is -2.53. The minimum absolute atomic E-state index is 0.381. The summed E-state index contributed by atoms with van der Waals surface area (Å²) >= 11 is 1.54. The first kappa shape index (κ1) is 21.7. The monoisotopic (exact) mass is 436 g/mol. The molecule has 2 N–H and O–H groups in total. The molecule has 1 unspecified atom stereocenters. The minimum atomic E-state index is -0.410. The van der Waals surface area contributed by atoms with Crippen LogP contribution in [0.3, 0.4) is 0 Å². The van der Waals surface area contributed by atoms with Crippen LogP contribution in [-0.2, 0) is 4.74 Å². The third-order valence-corrected chi connectivity index (χ3v) is 6.77. The number of thioether (sulfide) groups is 1. The zero-order valence-electron chi connectivity index (χ0n) is 18.0. The summed E-state index contributed by atoms with van der Waals surface area (Å²) in [6, 6.07) is 12.2. The third kappa shape index (κ3) is 4.57. The van der Waals surface area contributed by atoms with Crippen molar-refractivity contribution in [2.45, 2.75) is 36.1 Å². The van der Waals surface area contributed by atoms with Gasteiger partial charge < -0.3 is 15.2 Å². The van der Waals surface area contributed by atoms with Crippen LogP contribution >= 0.6 is 11.8 Å². The minimum Gasteiger partial charge on any atom is -0.490 e. The number of nitriles is 1. The van der Waals surface area contributed by atoms with Crippen molar-refractivity contribution in [1.29, 1.82) is 5.26 Å². The van der Waals surface area contributed by atoms with Gasteiger partial charge in [0.15, 0.2) is 0 Å². The van der Waals surface area contributed by atoms with Gasteiger partial charge in [0.25, 0.3) is 0 Å². The predicted octanol–water partition coefficient (Wildman–Crippen LogP) is 4.51. The van der Waals surface area contributed by atoms with Crippen LogP contribution in [0.4, 0.5) is 0 Å². The molecule has 1 fully saturated rings. The van der Waals surface area contributed by atoms with Crippen molar-refractivity contribution in [2.24, 2.45) is 11.7 Å². The summed E-state index contributed by atoms with van der Waals surface area (Å²) in [6.07, 6.45) is 9.79. The number of rotatable bonds is 7. The molecular formula is C24H28N4O2S. The lowest BCUT2D eigenvalue weighted by atomic mass is 9.77. The van der Waals surface area contributed by atoms with Crippen molar-refractivity contribution in [2.75, 3.05) is 26.6 Å². The molecule has 1 saturated carbocycles. The van der Waals surface area contributed by atoms with Gasteiger partial charge in [-0.2, -0.15) is 5.26 Å². The number of fused-ring (bicyclic) bond motifs is 1. The molecule has 162 valence electrons. The van der Waals surface area contributed by atoms with Crippen LogP contribution in [-0.4, -0.2) is 41.5 Å². The van der Waals surface area contributed by atoms with Gasteiger partial charge in [-0.05, 0) is 55.7 Å². The molecule has 0 aliphatic heterocycles. The first-order valence-corrected chi connectivity index (χ1v) is 11.7. The topological polar surface area (TPSA) is 85.6 Å². The fraction of sp³-hybridized carbons (Fsp3) is 0.417. The number of benzene rings is 1. The molecule has 4 rings (SSSR count). The Morgan fingerprint density at radius 1 is 1.39 bits per heavy atom. The number of nitrogens with zero attached hydrogens (tertiary/aromatic N) is 3. The van der Waals surface area contributed by atoms with Crippen LogP contribution in [0, 0.1) is 17.2 Å². The first-order valence-electron chi connectivity index (χ1n) is 10.5. The van der Waals surface area contributed by atoms with Crippen LogP contribution in [0.1, 0.15) is 31.2 Å². The Morgan fingerprint density at radius 3 is 3.03 bits per heavy atom. The molecule has 2 atom stereocenters. The normalized spacial score (nSPS) is 21.2. The maximum absolute atomic E-state index is 9.83. The molecule has 1 aliphatic rings. The van der Waals surface area contributed by atoms with Crippen molar-refractivity contribution in [3.05, 3.63) is 48.3 Å². The molecule has 31 heavy (non-hydrogen) atoms. The number of hydrogen-bond acceptors (Lipinski definition) is 6. The van der Waals surface area contributed by atoms with Crippen LogP contribution in [0.25, 0.3) is 16.9 Å². The van der Waals surface area contributed by atoms with Gasteiger partial charge in [-0.15, -0.1) is 11.8 Å². The smallest absolute Gasteiger partial charge is 0.138 e. The van der Waals surface area contributed by atoms with E-state index in [-0.39, 0.29) is 0 Å². The first-order chi connectivity index (χ1) is 15.1. The zero-order chi connectivity index (χ0) is 21.8. The van der Waals surface area contributed by atoms with E-state index in [0.29, 0.717) is 23.8 Å². The second-order valence-electron chi connectivity index (χ2n) is 8.30. The number of methoxy groups -OCH3 is 1. The molecule has 0 saturated heterocycles. The predicted molar refractivity (Wildman–Crippen MR) is 123 cm³/mol. The molecule has 2 heterocycles. The van der Waals surface area contributed by atoms with E-state index in [9.17, 15) is 5.26 Å².